The minimum absolute atomic E-state index is 0.107. The molecule has 1 atom stereocenters. The Morgan fingerprint density at radius 2 is 2.14 bits per heavy atom. The van der Waals surface area contributed by atoms with Crippen molar-refractivity contribution >= 4 is 11.0 Å². The second-order valence-electron chi connectivity index (χ2n) is 6.56. The monoisotopic (exact) mass is 289 g/mol. The van der Waals surface area contributed by atoms with Crippen LogP contribution < -0.4 is 5.73 Å². The number of fused-ring (bicyclic) bond motifs is 1. The van der Waals surface area contributed by atoms with Gasteiger partial charge >= 0.3 is 0 Å². The van der Waals surface area contributed by atoms with Gasteiger partial charge in [-0.2, -0.15) is 0 Å². The van der Waals surface area contributed by atoms with Gasteiger partial charge in [-0.15, -0.1) is 0 Å². The van der Waals surface area contributed by atoms with Crippen LogP contribution in [-0.4, -0.2) is 27.8 Å². The van der Waals surface area contributed by atoms with Crippen molar-refractivity contribution in [2.45, 2.75) is 58.7 Å². The topological polar surface area (TPSA) is 53.1 Å². The van der Waals surface area contributed by atoms with Crippen molar-refractivity contribution in [1.82, 2.24) is 9.55 Å². The van der Waals surface area contributed by atoms with Crippen LogP contribution in [0.1, 0.15) is 39.7 Å². The zero-order valence-electron chi connectivity index (χ0n) is 13.6. The molecule has 0 bridgehead atoms. The van der Waals surface area contributed by atoms with Gasteiger partial charge in [-0.1, -0.05) is 6.92 Å². The number of hydrogen-bond donors (Lipinski definition) is 1. The normalized spacial score (nSPS) is 13.8. The maximum Gasteiger partial charge on any atom is 0.140 e. The van der Waals surface area contributed by atoms with E-state index in [4.69, 9.17) is 10.5 Å². The molecule has 0 amide bonds. The Morgan fingerprint density at radius 1 is 1.38 bits per heavy atom. The summed E-state index contributed by atoms with van der Waals surface area (Å²) in [6.45, 7) is 9.84. The van der Waals surface area contributed by atoms with Crippen LogP contribution in [0.5, 0.6) is 0 Å². The van der Waals surface area contributed by atoms with Crippen molar-refractivity contribution < 1.29 is 4.74 Å². The second kappa shape index (κ2) is 6.58. The molecule has 4 nitrogen and oxygen atoms in total. The summed E-state index contributed by atoms with van der Waals surface area (Å²) in [6, 6.07) is 4.32. The zero-order chi connectivity index (χ0) is 15.5. The van der Waals surface area contributed by atoms with E-state index in [1.54, 1.807) is 0 Å². The summed E-state index contributed by atoms with van der Waals surface area (Å²) in [7, 11) is 0. The summed E-state index contributed by atoms with van der Waals surface area (Å²) >= 11 is 0. The van der Waals surface area contributed by atoms with Crippen LogP contribution in [0, 0.1) is 0 Å². The Balaban J connectivity index is 2.19. The molecule has 21 heavy (non-hydrogen) atoms. The van der Waals surface area contributed by atoms with Gasteiger partial charge in [0.25, 0.3) is 0 Å². The van der Waals surface area contributed by atoms with E-state index >= 15 is 0 Å². The van der Waals surface area contributed by atoms with E-state index in [2.05, 4.69) is 49.5 Å². The fourth-order valence-corrected chi connectivity index (χ4v) is 2.41. The maximum atomic E-state index is 6.11. The van der Waals surface area contributed by atoms with Crippen LogP contribution in [0.3, 0.4) is 0 Å². The lowest BCUT2D eigenvalue weighted by Gasteiger charge is -2.19. The smallest absolute Gasteiger partial charge is 0.140 e. The van der Waals surface area contributed by atoms with E-state index < -0.39 is 0 Å². The van der Waals surface area contributed by atoms with Crippen molar-refractivity contribution in [1.29, 1.82) is 0 Å². The van der Waals surface area contributed by atoms with Crippen molar-refractivity contribution in [2.24, 2.45) is 5.73 Å². The average molecular weight is 289 g/mol. The molecule has 2 aromatic heterocycles. The van der Waals surface area contributed by atoms with Crippen LogP contribution >= 0.6 is 0 Å². The molecule has 0 aliphatic carbocycles. The Labute approximate surface area is 127 Å². The molecule has 2 heterocycles. The van der Waals surface area contributed by atoms with Gasteiger partial charge < -0.3 is 15.0 Å². The Bertz CT molecular complexity index is 583. The third-order valence-electron chi connectivity index (χ3n) is 3.59. The summed E-state index contributed by atoms with van der Waals surface area (Å²) in [6.07, 6.45) is 5.90. The van der Waals surface area contributed by atoms with E-state index in [0.29, 0.717) is 6.61 Å². The molecule has 0 saturated carbocycles. The van der Waals surface area contributed by atoms with Gasteiger partial charge in [0.05, 0.1) is 12.2 Å². The summed E-state index contributed by atoms with van der Waals surface area (Å²) in [4.78, 5) is 4.52. The summed E-state index contributed by atoms with van der Waals surface area (Å²) < 4.78 is 8.00. The molecule has 2 rings (SSSR count). The number of hydrogen-bond acceptors (Lipinski definition) is 3. The first kappa shape index (κ1) is 16.0. The number of ether oxygens (including phenoxy) is 1. The average Bonchev–Trinajstić information content (AvgIpc) is 2.76. The molecule has 116 valence electrons. The van der Waals surface area contributed by atoms with Gasteiger partial charge in [-0.25, -0.2) is 4.98 Å². The second-order valence-corrected chi connectivity index (χ2v) is 6.56. The summed E-state index contributed by atoms with van der Waals surface area (Å²) in [5, 5.41) is 1.21. The number of aromatic nitrogens is 2. The highest BCUT2D eigenvalue weighted by atomic mass is 16.5. The maximum absolute atomic E-state index is 6.11. The quantitative estimate of drug-likeness (QED) is 0.889. The third kappa shape index (κ3) is 4.29. The number of pyridine rings is 1. The molecule has 2 N–H and O–H groups in total. The first-order chi connectivity index (χ1) is 9.90. The van der Waals surface area contributed by atoms with Gasteiger partial charge in [-0.05, 0) is 51.3 Å². The minimum atomic E-state index is -0.107. The lowest BCUT2D eigenvalue weighted by Crippen LogP contribution is -2.22. The Morgan fingerprint density at radius 3 is 2.81 bits per heavy atom. The van der Waals surface area contributed by atoms with Crippen LogP contribution in [0.4, 0.5) is 0 Å². The third-order valence-corrected chi connectivity index (χ3v) is 3.59. The molecule has 1 unspecified atom stereocenters. The molecule has 0 radical (unpaired) electrons. The standard InChI is InChI=1S/C17H27N3O/c1-5-14(18)11-13-12-20(9-10-21-17(2,3)4)16-15(13)7-6-8-19-16/h6-8,12,14H,5,9-11,18H2,1-4H3. The number of rotatable bonds is 6. The van der Waals surface area contributed by atoms with Gasteiger partial charge in [0.1, 0.15) is 5.65 Å². The van der Waals surface area contributed by atoms with E-state index in [9.17, 15) is 0 Å². The highest BCUT2D eigenvalue weighted by molar-refractivity contribution is 5.80. The van der Waals surface area contributed by atoms with E-state index in [-0.39, 0.29) is 11.6 Å². The van der Waals surface area contributed by atoms with Crippen LogP contribution in [-0.2, 0) is 17.7 Å². The molecular formula is C17H27N3O. The predicted octanol–water partition coefficient (Wildman–Crippen LogP) is 3.13. The minimum Gasteiger partial charge on any atom is -0.374 e. The molecule has 2 aromatic rings. The molecule has 4 heteroatoms. The fourth-order valence-electron chi connectivity index (χ4n) is 2.41. The van der Waals surface area contributed by atoms with E-state index in [1.807, 2.05) is 12.3 Å². The Kier molecular flexibility index (Phi) is 5.01. The molecule has 0 aliphatic rings. The molecule has 0 aromatic carbocycles. The lowest BCUT2D eigenvalue weighted by molar-refractivity contribution is -0.00649. The molecular weight excluding hydrogens is 262 g/mol. The van der Waals surface area contributed by atoms with Crippen LogP contribution in [0.2, 0.25) is 0 Å². The summed E-state index contributed by atoms with van der Waals surface area (Å²) in [5.41, 5.74) is 8.30. The van der Waals surface area contributed by atoms with E-state index in [1.165, 1.54) is 10.9 Å². The first-order valence-electron chi connectivity index (χ1n) is 7.73. The number of nitrogens with two attached hydrogens (primary N) is 1. The van der Waals surface area contributed by atoms with Crippen LogP contribution in [0.25, 0.3) is 11.0 Å². The van der Waals surface area contributed by atoms with E-state index in [0.717, 1.165) is 25.0 Å². The highest BCUT2D eigenvalue weighted by Crippen LogP contribution is 2.21. The number of nitrogens with zero attached hydrogens (tertiary/aromatic N) is 2. The largest absolute Gasteiger partial charge is 0.374 e. The Hall–Kier alpha value is -1.39. The van der Waals surface area contributed by atoms with Gasteiger partial charge in [-0.3, -0.25) is 0 Å². The van der Waals surface area contributed by atoms with Gasteiger partial charge in [0.15, 0.2) is 0 Å². The van der Waals surface area contributed by atoms with Crippen molar-refractivity contribution in [3.05, 3.63) is 30.1 Å². The molecule has 0 aliphatic heterocycles. The fraction of sp³-hybridized carbons (Fsp3) is 0.588. The van der Waals surface area contributed by atoms with Gasteiger partial charge in [0, 0.05) is 30.4 Å². The lowest BCUT2D eigenvalue weighted by atomic mass is 10.1. The van der Waals surface area contributed by atoms with Crippen molar-refractivity contribution in [2.75, 3.05) is 6.61 Å². The first-order valence-corrected chi connectivity index (χ1v) is 7.73. The molecule has 0 fully saturated rings. The molecule has 0 saturated heterocycles. The zero-order valence-corrected chi connectivity index (χ0v) is 13.6. The highest BCUT2D eigenvalue weighted by Gasteiger charge is 2.13. The van der Waals surface area contributed by atoms with Crippen LogP contribution in [0.15, 0.2) is 24.5 Å². The van der Waals surface area contributed by atoms with Gasteiger partial charge in [0.2, 0.25) is 0 Å². The predicted molar refractivity (Wildman–Crippen MR) is 87.4 cm³/mol. The SMILES string of the molecule is CCC(N)Cc1cn(CCOC(C)(C)C)c2ncccc12. The molecule has 0 spiro atoms. The van der Waals surface area contributed by atoms with Crippen molar-refractivity contribution in [3.8, 4) is 0 Å². The summed E-state index contributed by atoms with van der Waals surface area (Å²) in [5.74, 6) is 0. The van der Waals surface area contributed by atoms with Crippen molar-refractivity contribution in [3.63, 3.8) is 0 Å².